The van der Waals surface area contributed by atoms with Gasteiger partial charge in [-0.2, -0.15) is 0 Å². The number of fused-ring (bicyclic) bond motifs is 1. The van der Waals surface area contributed by atoms with E-state index in [0.29, 0.717) is 13.1 Å². The zero-order valence-corrected chi connectivity index (χ0v) is 25.4. The van der Waals surface area contributed by atoms with E-state index in [1.54, 1.807) is 46.2 Å². The minimum atomic E-state index is -0.779. The van der Waals surface area contributed by atoms with Crippen molar-refractivity contribution in [3.05, 3.63) is 89.1 Å². The predicted molar refractivity (Wildman–Crippen MR) is 167 cm³/mol. The Morgan fingerprint density at radius 1 is 0.977 bits per heavy atom. The third kappa shape index (κ3) is 6.45. The number of nitrogens with zero attached hydrogens (tertiary/aromatic N) is 5. The number of benzene rings is 2. The van der Waals surface area contributed by atoms with Gasteiger partial charge in [0.2, 0.25) is 11.8 Å². The average Bonchev–Trinajstić information content (AvgIpc) is 3.04. The molecule has 232 valence electrons. The molecule has 44 heavy (non-hydrogen) atoms. The summed E-state index contributed by atoms with van der Waals surface area (Å²) in [7, 11) is 1.74. The van der Waals surface area contributed by atoms with Crippen LogP contribution in [0.2, 0.25) is 0 Å². The van der Waals surface area contributed by atoms with Crippen LogP contribution in [-0.2, 0) is 22.6 Å². The first kappa shape index (κ1) is 29.7. The number of nitrogens with one attached hydrogen (secondary N) is 1. The van der Waals surface area contributed by atoms with E-state index in [2.05, 4.69) is 22.4 Å². The topological polar surface area (TPSA) is 99.7 Å². The Kier molecular flexibility index (Phi) is 8.88. The second kappa shape index (κ2) is 13.1. The van der Waals surface area contributed by atoms with Crippen LogP contribution in [0.25, 0.3) is 0 Å². The van der Waals surface area contributed by atoms with Gasteiger partial charge in [-0.1, -0.05) is 48.5 Å². The zero-order valence-electron chi connectivity index (χ0n) is 25.4. The molecule has 3 saturated heterocycles. The van der Waals surface area contributed by atoms with E-state index in [1.807, 2.05) is 35.2 Å². The van der Waals surface area contributed by atoms with Gasteiger partial charge in [-0.05, 0) is 67.0 Å². The highest BCUT2D eigenvalue weighted by atomic mass is 16.3. The van der Waals surface area contributed by atoms with Gasteiger partial charge in [0, 0.05) is 45.3 Å². The van der Waals surface area contributed by atoms with Gasteiger partial charge in [-0.25, -0.2) is 14.8 Å². The van der Waals surface area contributed by atoms with Crippen LogP contribution in [0.15, 0.2) is 78.0 Å². The number of hydrogen-bond donors (Lipinski definition) is 2. The number of phenols is 1. The zero-order chi connectivity index (χ0) is 30.6. The molecule has 2 atom stereocenters. The fraction of sp³-hybridized carbons (Fsp3) is 0.441. The van der Waals surface area contributed by atoms with Crippen molar-refractivity contribution in [3.8, 4) is 5.75 Å². The number of amides is 4. The third-order valence-electron chi connectivity index (χ3n) is 9.09. The van der Waals surface area contributed by atoms with Gasteiger partial charge >= 0.3 is 6.03 Å². The molecule has 3 heterocycles. The number of urea groups is 1. The van der Waals surface area contributed by atoms with Gasteiger partial charge in [-0.15, -0.1) is 0 Å². The van der Waals surface area contributed by atoms with Gasteiger partial charge < -0.3 is 25.1 Å². The number of hydrazine groups is 1. The molecule has 6 rings (SSSR count). The van der Waals surface area contributed by atoms with Crippen molar-refractivity contribution < 1.29 is 19.5 Å². The molecule has 2 aromatic carbocycles. The summed E-state index contributed by atoms with van der Waals surface area (Å²) in [6.07, 6.45) is 9.71. The Hall–Kier alpha value is -4.31. The molecule has 4 aliphatic rings. The van der Waals surface area contributed by atoms with E-state index in [4.69, 9.17) is 0 Å². The van der Waals surface area contributed by atoms with Gasteiger partial charge in [0.1, 0.15) is 18.0 Å². The number of allylic oxidation sites excluding steroid dienone is 2. The molecule has 1 aliphatic carbocycles. The lowest BCUT2D eigenvalue weighted by molar-refractivity contribution is -0.186. The number of likely N-dealkylation sites (N-methyl/N-ethyl adjacent to an activating group) is 1. The summed E-state index contributed by atoms with van der Waals surface area (Å²) in [6, 6.07) is 15.3. The summed E-state index contributed by atoms with van der Waals surface area (Å²) in [4.78, 5) is 47.4. The quantitative estimate of drug-likeness (QED) is 0.507. The number of carbonyl (C=O) groups excluding carboxylic acids is 3. The minimum Gasteiger partial charge on any atom is -0.508 e. The van der Waals surface area contributed by atoms with E-state index in [0.717, 1.165) is 42.6 Å². The van der Waals surface area contributed by atoms with Crippen molar-refractivity contribution in [2.45, 2.75) is 57.3 Å². The Morgan fingerprint density at radius 2 is 1.73 bits per heavy atom. The minimum absolute atomic E-state index is 0.0122. The van der Waals surface area contributed by atoms with Crippen molar-refractivity contribution in [2.24, 2.45) is 0 Å². The molecule has 0 aromatic heterocycles. The highest BCUT2D eigenvalue weighted by Crippen LogP contribution is 2.30. The van der Waals surface area contributed by atoms with Crippen LogP contribution in [-0.4, -0.2) is 99.6 Å². The molecule has 2 N–H and O–H groups in total. The molecule has 0 saturated carbocycles. The standard InChI is InChI=1S/C34H42N6O4/c1-36-24-32(42)39-30(20-25-13-15-29(41)16-14-25)33(43)38(22-27-11-8-12-28(19-27)37-17-6-3-7-18-37)23-31(39)40(36)34(44)35-21-26-9-4-2-5-10-26/h2,4-5,9-11,13-16,19,30-31,41H,3,6-8,12,17-18,20-24H2,1H3,(H,35,44)/t30-,31-/m0/s1. The van der Waals surface area contributed by atoms with E-state index >= 15 is 0 Å². The molecular weight excluding hydrogens is 556 g/mol. The molecule has 10 nitrogen and oxygen atoms in total. The summed E-state index contributed by atoms with van der Waals surface area (Å²) in [5, 5.41) is 16.1. The highest BCUT2D eigenvalue weighted by Gasteiger charge is 2.50. The second-order valence-corrected chi connectivity index (χ2v) is 12.2. The number of piperazine rings is 1. The van der Waals surface area contributed by atoms with Crippen molar-refractivity contribution >= 4 is 17.8 Å². The summed E-state index contributed by atoms with van der Waals surface area (Å²) in [6.45, 7) is 3.13. The number of rotatable bonds is 7. The lowest BCUT2D eigenvalue weighted by atomic mass is 9.97. The van der Waals surface area contributed by atoms with Crippen LogP contribution in [0.5, 0.6) is 5.75 Å². The summed E-state index contributed by atoms with van der Waals surface area (Å²) in [5.41, 5.74) is 4.23. The van der Waals surface area contributed by atoms with Gasteiger partial charge in [0.05, 0.1) is 13.1 Å². The largest absolute Gasteiger partial charge is 0.508 e. The van der Waals surface area contributed by atoms with Crippen LogP contribution in [0.1, 0.15) is 43.2 Å². The average molecular weight is 599 g/mol. The predicted octanol–water partition coefficient (Wildman–Crippen LogP) is 3.46. The molecule has 10 heteroatoms. The molecule has 0 spiro atoms. The smallest absolute Gasteiger partial charge is 0.334 e. The van der Waals surface area contributed by atoms with Crippen LogP contribution in [0, 0.1) is 0 Å². The van der Waals surface area contributed by atoms with Crippen LogP contribution in [0.4, 0.5) is 4.79 Å². The molecule has 0 radical (unpaired) electrons. The maximum Gasteiger partial charge on any atom is 0.334 e. The first-order valence-corrected chi connectivity index (χ1v) is 15.7. The third-order valence-corrected chi connectivity index (χ3v) is 9.09. The summed E-state index contributed by atoms with van der Waals surface area (Å²) in [5.74, 6) is -0.178. The lowest BCUT2D eigenvalue weighted by Crippen LogP contribution is -2.76. The fourth-order valence-corrected chi connectivity index (χ4v) is 6.87. The molecule has 0 unspecified atom stereocenters. The Balaban J connectivity index is 1.28. The number of aromatic hydroxyl groups is 1. The first-order valence-electron chi connectivity index (χ1n) is 15.7. The van der Waals surface area contributed by atoms with E-state index in [9.17, 15) is 19.5 Å². The van der Waals surface area contributed by atoms with E-state index < -0.39 is 12.2 Å². The second-order valence-electron chi connectivity index (χ2n) is 12.2. The molecule has 4 amide bonds. The van der Waals surface area contributed by atoms with Gasteiger partial charge in [-0.3, -0.25) is 9.59 Å². The summed E-state index contributed by atoms with van der Waals surface area (Å²) >= 11 is 0. The van der Waals surface area contributed by atoms with Gasteiger partial charge in [0.25, 0.3) is 0 Å². The normalized spacial score (nSPS) is 22.8. The van der Waals surface area contributed by atoms with Crippen LogP contribution >= 0.6 is 0 Å². The van der Waals surface area contributed by atoms with Crippen molar-refractivity contribution in [1.29, 1.82) is 0 Å². The summed E-state index contributed by atoms with van der Waals surface area (Å²) < 4.78 is 0. The maximum atomic E-state index is 14.2. The lowest BCUT2D eigenvalue weighted by Gasteiger charge is -2.54. The first-order chi connectivity index (χ1) is 21.4. The molecular formula is C34H42N6O4. The molecule has 3 fully saturated rings. The fourth-order valence-electron chi connectivity index (χ4n) is 6.87. The number of likely N-dealkylation sites (tertiary alicyclic amines) is 1. The van der Waals surface area contributed by atoms with Crippen molar-refractivity contribution in [1.82, 2.24) is 30.0 Å². The number of piperidine rings is 1. The molecule has 0 bridgehead atoms. The Bertz CT molecular complexity index is 1420. The van der Waals surface area contributed by atoms with E-state index in [1.165, 1.54) is 25.0 Å². The Labute approximate surface area is 259 Å². The monoisotopic (exact) mass is 598 g/mol. The molecule has 2 aromatic rings. The SMILES string of the molecule is CN1CC(=O)N2[C@@H](Cc3ccc(O)cc3)C(=O)N(CC3=CCCC(N4CCCCC4)=C3)C[C@@H]2N1C(=O)NCc1ccccc1. The van der Waals surface area contributed by atoms with Gasteiger partial charge in [0.15, 0.2) is 0 Å². The maximum absolute atomic E-state index is 14.2. The van der Waals surface area contributed by atoms with Crippen LogP contribution in [0.3, 0.4) is 0 Å². The number of phenolic OH excluding ortho intramolecular Hbond substituents is 1. The number of carbonyl (C=O) groups is 3. The Morgan fingerprint density at radius 3 is 2.48 bits per heavy atom. The highest BCUT2D eigenvalue weighted by molar-refractivity contribution is 5.92. The molecule has 3 aliphatic heterocycles. The van der Waals surface area contributed by atoms with Crippen molar-refractivity contribution in [2.75, 3.05) is 39.8 Å². The van der Waals surface area contributed by atoms with Crippen LogP contribution < -0.4 is 5.32 Å². The number of hydrogen-bond acceptors (Lipinski definition) is 6. The van der Waals surface area contributed by atoms with E-state index in [-0.39, 0.29) is 43.1 Å². The van der Waals surface area contributed by atoms with Crippen molar-refractivity contribution in [3.63, 3.8) is 0 Å².